The Labute approximate surface area is 173 Å². The van der Waals surface area contributed by atoms with Crippen molar-refractivity contribution in [1.29, 1.82) is 0 Å². The van der Waals surface area contributed by atoms with Crippen LogP contribution in [0.3, 0.4) is 0 Å². The summed E-state index contributed by atoms with van der Waals surface area (Å²) in [5.41, 5.74) is 1.36. The van der Waals surface area contributed by atoms with Gasteiger partial charge in [0.1, 0.15) is 6.10 Å². The van der Waals surface area contributed by atoms with Crippen LogP contribution in [0.2, 0.25) is 0 Å². The van der Waals surface area contributed by atoms with E-state index in [1.807, 2.05) is 66.7 Å². The fourth-order valence-corrected chi connectivity index (χ4v) is 2.93. The highest BCUT2D eigenvalue weighted by Gasteiger charge is 2.30. The molecule has 0 N–H and O–H groups in total. The first-order valence-electron chi connectivity index (χ1n) is 9.57. The molecule has 1 unspecified atom stereocenters. The lowest BCUT2D eigenvalue weighted by Gasteiger charge is -2.15. The number of hydrogen-bond acceptors (Lipinski definition) is 2. The number of ether oxygens (including phenoxy) is 1. The number of esters is 1. The third-order valence-electron chi connectivity index (χ3n) is 4.57. The molecule has 154 valence electrons. The molecule has 0 aliphatic heterocycles. The number of benzene rings is 3. The molecule has 0 aromatic heterocycles. The van der Waals surface area contributed by atoms with Gasteiger partial charge in [0.2, 0.25) is 0 Å². The van der Waals surface area contributed by atoms with E-state index in [2.05, 4.69) is 0 Å². The van der Waals surface area contributed by atoms with Crippen molar-refractivity contribution in [3.05, 3.63) is 113 Å². The first kappa shape index (κ1) is 21.4. The molecule has 0 spiro atoms. The van der Waals surface area contributed by atoms with Gasteiger partial charge in [-0.2, -0.15) is 13.2 Å². The number of carbonyl (C=O) groups excluding carboxylic acids is 1. The molecule has 0 heterocycles. The summed E-state index contributed by atoms with van der Waals surface area (Å²) < 4.78 is 43.8. The molecule has 0 amide bonds. The molecular weight excluding hydrogens is 389 g/mol. The molecule has 30 heavy (non-hydrogen) atoms. The fourth-order valence-electron chi connectivity index (χ4n) is 2.93. The van der Waals surface area contributed by atoms with Gasteiger partial charge in [-0.25, -0.2) is 4.79 Å². The van der Waals surface area contributed by atoms with Crippen molar-refractivity contribution in [2.45, 2.75) is 25.1 Å². The van der Waals surface area contributed by atoms with E-state index in [0.717, 1.165) is 35.4 Å². The van der Waals surface area contributed by atoms with Crippen LogP contribution < -0.4 is 0 Å². The maximum Gasteiger partial charge on any atom is 0.416 e. The number of aryl methyl sites for hydroxylation is 1. The molecule has 0 bridgehead atoms. The second-order valence-electron chi connectivity index (χ2n) is 6.81. The summed E-state index contributed by atoms with van der Waals surface area (Å²) in [4.78, 5) is 12.5. The molecule has 0 saturated carbocycles. The molecule has 1 atom stereocenters. The Hall–Kier alpha value is -3.34. The van der Waals surface area contributed by atoms with Crippen LogP contribution in [0.4, 0.5) is 13.2 Å². The Kier molecular flexibility index (Phi) is 7.07. The van der Waals surface area contributed by atoms with Crippen LogP contribution in [0.25, 0.3) is 6.08 Å². The van der Waals surface area contributed by atoms with Gasteiger partial charge in [0, 0.05) is 0 Å². The van der Waals surface area contributed by atoms with Crippen molar-refractivity contribution < 1.29 is 22.7 Å². The quantitative estimate of drug-likeness (QED) is 0.412. The van der Waals surface area contributed by atoms with Crippen LogP contribution in [0.15, 0.2) is 91.0 Å². The highest BCUT2D eigenvalue weighted by Crippen LogP contribution is 2.29. The van der Waals surface area contributed by atoms with Gasteiger partial charge in [-0.15, -0.1) is 0 Å². The van der Waals surface area contributed by atoms with Crippen molar-refractivity contribution >= 4 is 12.0 Å². The van der Waals surface area contributed by atoms with Crippen LogP contribution in [0, 0.1) is 0 Å². The van der Waals surface area contributed by atoms with E-state index < -0.39 is 23.8 Å². The summed E-state index contributed by atoms with van der Waals surface area (Å²) in [7, 11) is 0. The van der Waals surface area contributed by atoms with E-state index in [9.17, 15) is 18.0 Å². The van der Waals surface area contributed by atoms with Crippen molar-refractivity contribution in [1.82, 2.24) is 0 Å². The molecule has 5 heteroatoms. The van der Waals surface area contributed by atoms with Gasteiger partial charge >= 0.3 is 12.1 Å². The number of rotatable bonds is 7. The van der Waals surface area contributed by atoms with Gasteiger partial charge in [-0.05, 0) is 54.3 Å². The lowest BCUT2D eigenvalue weighted by molar-refractivity contribution is -0.137. The fraction of sp³-hybridized carbons (Fsp3) is 0.160. The molecule has 3 aromatic rings. The molecule has 0 aliphatic carbocycles. The maximum atomic E-state index is 12.7. The van der Waals surface area contributed by atoms with E-state index in [0.29, 0.717) is 12.8 Å². The average Bonchev–Trinajstić information content (AvgIpc) is 2.76. The van der Waals surface area contributed by atoms with Crippen molar-refractivity contribution in [2.24, 2.45) is 0 Å². The second-order valence-corrected chi connectivity index (χ2v) is 6.81. The molecule has 0 fully saturated rings. The van der Waals surface area contributed by atoms with Gasteiger partial charge in [0.05, 0.1) is 11.1 Å². The predicted octanol–water partition coefficient (Wildman–Crippen LogP) is 6.58. The van der Waals surface area contributed by atoms with Gasteiger partial charge in [-0.1, -0.05) is 66.7 Å². The van der Waals surface area contributed by atoms with Crippen LogP contribution >= 0.6 is 0 Å². The zero-order valence-electron chi connectivity index (χ0n) is 16.2. The van der Waals surface area contributed by atoms with E-state index in [1.54, 1.807) is 6.08 Å². The summed E-state index contributed by atoms with van der Waals surface area (Å²) in [6.45, 7) is 0. The van der Waals surface area contributed by atoms with Gasteiger partial charge in [0.25, 0.3) is 0 Å². The van der Waals surface area contributed by atoms with Crippen molar-refractivity contribution in [3.63, 3.8) is 0 Å². The van der Waals surface area contributed by atoms with Crippen LogP contribution in [0.5, 0.6) is 0 Å². The van der Waals surface area contributed by atoms with E-state index in [4.69, 9.17) is 4.74 Å². The maximum absolute atomic E-state index is 12.7. The molecule has 0 aliphatic rings. The standard InChI is InChI=1S/C25H21F3O2/c26-25(27,28)22-15-13-21(14-16-22)24(29)30-23(17-11-19-7-3-1-4-8-19)18-12-20-9-5-2-6-10-20/h1-11,13-17,23H,12,18H2/b17-11+. The van der Waals surface area contributed by atoms with Gasteiger partial charge < -0.3 is 4.74 Å². The molecular formula is C25H21F3O2. The molecule has 3 aromatic carbocycles. The first-order chi connectivity index (χ1) is 14.4. The number of halogens is 3. The summed E-state index contributed by atoms with van der Waals surface area (Å²) in [6, 6.07) is 23.5. The Morgan fingerprint density at radius 2 is 1.47 bits per heavy atom. The van der Waals surface area contributed by atoms with Gasteiger partial charge in [0.15, 0.2) is 0 Å². The Bertz CT molecular complexity index is 963. The minimum Gasteiger partial charge on any atom is -0.455 e. The topological polar surface area (TPSA) is 26.3 Å². The lowest BCUT2D eigenvalue weighted by Crippen LogP contribution is -2.17. The van der Waals surface area contributed by atoms with Crippen LogP contribution in [0.1, 0.15) is 33.5 Å². The third-order valence-corrected chi connectivity index (χ3v) is 4.57. The smallest absolute Gasteiger partial charge is 0.416 e. The molecule has 0 saturated heterocycles. The highest BCUT2D eigenvalue weighted by molar-refractivity contribution is 5.89. The number of hydrogen-bond donors (Lipinski definition) is 0. The Balaban J connectivity index is 1.71. The normalized spacial score (nSPS) is 12.6. The zero-order valence-corrected chi connectivity index (χ0v) is 16.2. The Morgan fingerprint density at radius 3 is 2.07 bits per heavy atom. The van der Waals surface area contributed by atoms with E-state index in [1.165, 1.54) is 0 Å². The average molecular weight is 410 g/mol. The summed E-state index contributed by atoms with van der Waals surface area (Å²) in [6.07, 6.45) is -0.0279. The summed E-state index contributed by atoms with van der Waals surface area (Å²) >= 11 is 0. The third kappa shape index (κ3) is 6.34. The number of alkyl halides is 3. The van der Waals surface area contributed by atoms with Crippen LogP contribution in [-0.4, -0.2) is 12.1 Å². The molecule has 0 radical (unpaired) electrons. The minimum atomic E-state index is -4.45. The first-order valence-corrected chi connectivity index (χ1v) is 9.57. The summed E-state index contributed by atoms with van der Waals surface area (Å²) in [5.74, 6) is -0.653. The zero-order chi connectivity index (χ0) is 21.4. The Morgan fingerprint density at radius 1 is 0.867 bits per heavy atom. The van der Waals surface area contributed by atoms with E-state index >= 15 is 0 Å². The SMILES string of the molecule is O=C(OC(/C=C/c1ccccc1)CCc1ccccc1)c1ccc(C(F)(F)F)cc1. The van der Waals surface area contributed by atoms with E-state index in [-0.39, 0.29) is 5.56 Å². The largest absolute Gasteiger partial charge is 0.455 e. The van der Waals surface area contributed by atoms with Crippen molar-refractivity contribution in [3.8, 4) is 0 Å². The predicted molar refractivity (Wildman–Crippen MR) is 111 cm³/mol. The second kappa shape index (κ2) is 9.92. The molecule has 2 nitrogen and oxygen atoms in total. The number of carbonyl (C=O) groups is 1. The molecule has 3 rings (SSSR count). The minimum absolute atomic E-state index is 0.0841. The summed E-state index contributed by atoms with van der Waals surface area (Å²) in [5, 5.41) is 0. The van der Waals surface area contributed by atoms with Crippen molar-refractivity contribution in [2.75, 3.05) is 0 Å². The highest BCUT2D eigenvalue weighted by atomic mass is 19.4. The van der Waals surface area contributed by atoms with Gasteiger partial charge in [-0.3, -0.25) is 0 Å². The van der Waals surface area contributed by atoms with Crippen LogP contribution in [-0.2, 0) is 17.3 Å². The monoisotopic (exact) mass is 410 g/mol. The lowest BCUT2D eigenvalue weighted by atomic mass is 10.1.